The molecule has 0 aliphatic carbocycles. The molecule has 0 fully saturated rings. The molecule has 1 aromatic carbocycles. The molecule has 0 atom stereocenters. The van der Waals surface area contributed by atoms with Crippen molar-refractivity contribution in [1.29, 1.82) is 0 Å². The molecule has 0 aliphatic heterocycles. The quantitative estimate of drug-likeness (QED) is 0.791. The Balaban J connectivity index is 1.76. The first-order valence-corrected chi connectivity index (χ1v) is 7.04. The van der Waals surface area contributed by atoms with E-state index in [4.69, 9.17) is 5.11 Å². The second kappa shape index (κ2) is 5.38. The maximum atomic E-state index is 9.01. The number of hydrogen-bond acceptors (Lipinski definition) is 3. The third-order valence-corrected chi connectivity index (χ3v) is 3.69. The highest BCUT2D eigenvalue weighted by Crippen LogP contribution is 2.20. The molecular formula is C15H14N2OS. The number of rotatable bonds is 4. The number of aromatic nitrogens is 2. The van der Waals surface area contributed by atoms with Gasteiger partial charge in [-0.2, -0.15) is 16.4 Å². The van der Waals surface area contributed by atoms with E-state index in [0.717, 1.165) is 17.8 Å². The van der Waals surface area contributed by atoms with E-state index in [1.54, 1.807) is 11.3 Å². The van der Waals surface area contributed by atoms with E-state index in [9.17, 15) is 0 Å². The van der Waals surface area contributed by atoms with Crippen LogP contribution >= 0.6 is 11.3 Å². The van der Waals surface area contributed by atoms with Gasteiger partial charge in [-0.1, -0.05) is 24.3 Å². The summed E-state index contributed by atoms with van der Waals surface area (Å²) in [4.78, 5) is 0. The first kappa shape index (κ1) is 12.1. The third-order valence-electron chi connectivity index (χ3n) is 3.01. The first-order valence-electron chi connectivity index (χ1n) is 6.10. The minimum Gasteiger partial charge on any atom is -0.392 e. The van der Waals surface area contributed by atoms with Crippen molar-refractivity contribution in [1.82, 2.24) is 9.78 Å². The Morgan fingerprint density at radius 1 is 1.05 bits per heavy atom. The summed E-state index contributed by atoms with van der Waals surface area (Å²) in [6.45, 7) is 0.834. The number of nitrogens with zero attached hydrogens (tertiary/aromatic N) is 2. The fourth-order valence-electron chi connectivity index (χ4n) is 1.95. The van der Waals surface area contributed by atoms with Crippen molar-refractivity contribution in [2.75, 3.05) is 0 Å². The third kappa shape index (κ3) is 2.75. The number of benzene rings is 1. The van der Waals surface area contributed by atoms with Crippen LogP contribution in [0.2, 0.25) is 0 Å². The topological polar surface area (TPSA) is 38.0 Å². The van der Waals surface area contributed by atoms with E-state index in [1.165, 1.54) is 11.1 Å². The fraction of sp³-hybridized carbons (Fsp3) is 0.133. The molecule has 3 aromatic rings. The number of aliphatic hydroxyl groups excluding tert-OH is 1. The van der Waals surface area contributed by atoms with Gasteiger partial charge in [-0.15, -0.1) is 0 Å². The second-order valence-electron chi connectivity index (χ2n) is 4.39. The van der Waals surface area contributed by atoms with Gasteiger partial charge in [-0.3, -0.25) is 4.68 Å². The van der Waals surface area contributed by atoms with Crippen LogP contribution < -0.4 is 0 Å². The van der Waals surface area contributed by atoms with Crippen molar-refractivity contribution in [2.24, 2.45) is 0 Å². The lowest BCUT2D eigenvalue weighted by atomic mass is 10.1. The second-order valence-corrected chi connectivity index (χ2v) is 5.17. The Bertz CT molecular complexity index is 641. The molecule has 0 unspecified atom stereocenters. The normalized spacial score (nSPS) is 10.8. The molecule has 3 rings (SSSR count). The molecule has 96 valence electrons. The molecule has 0 bridgehead atoms. The predicted octanol–water partition coefficient (Wildman–Crippen LogP) is 3.15. The summed E-state index contributed by atoms with van der Waals surface area (Å²) in [5, 5.41) is 17.7. The van der Waals surface area contributed by atoms with Gasteiger partial charge in [0.05, 0.1) is 18.8 Å². The van der Waals surface area contributed by atoms with Crippen molar-refractivity contribution >= 4 is 11.3 Å². The zero-order valence-corrected chi connectivity index (χ0v) is 11.2. The van der Waals surface area contributed by atoms with Crippen LogP contribution in [0.25, 0.3) is 11.3 Å². The number of thiophene rings is 1. The molecule has 3 nitrogen and oxygen atoms in total. The van der Waals surface area contributed by atoms with E-state index in [1.807, 2.05) is 41.2 Å². The summed E-state index contributed by atoms with van der Waals surface area (Å²) < 4.78 is 1.93. The summed E-state index contributed by atoms with van der Waals surface area (Å²) in [6, 6.07) is 12.0. The predicted molar refractivity (Wildman–Crippen MR) is 77.0 cm³/mol. The van der Waals surface area contributed by atoms with Gasteiger partial charge in [0.15, 0.2) is 0 Å². The zero-order valence-electron chi connectivity index (χ0n) is 10.4. The summed E-state index contributed by atoms with van der Waals surface area (Å²) in [5.74, 6) is 0. The molecule has 19 heavy (non-hydrogen) atoms. The highest BCUT2D eigenvalue weighted by atomic mass is 32.1. The monoisotopic (exact) mass is 270 g/mol. The van der Waals surface area contributed by atoms with Crippen molar-refractivity contribution < 1.29 is 5.11 Å². The van der Waals surface area contributed by atoms with Gasteiger partial charge in [0.25, 0.3) is 0 Å². The van der Waals surface area contributed by atoms with Gasteiger partial charge in [0, 0.05) is 17.1 Å². The Hall–Kier alpha value is -1.91. The number of aliphatic hydroxyl groups is 1. The van der Waals surface area contributed by atoms with Crippen LogP contribution in [0.3, 0.4) is 0 Å². The van der Waals surface area contributed by atoms with Crippen molar-refractivity contribution in [3.05, 3.63) is 64.5 Å². The first-order chi connectivity index (χ1) is 9.35. The highest BCUT2D eigenvalue weighted by molar-refractivity contribution is 7.08. The minimum atomic E-state index is 0.0877. The highest BCUT2D eigenvalue weighted by Gasteiger charge is 2.03. The molecule has 0 radical (unpaired) electrons. The standard InChI is InChI=1S/C15H14N2OS/c18-10-13-3-1-12(2-4-13)9-17-7-5-15(16-17)14-6-8-19-11-14/h1-8,11,18H,9-10H2. The smallest absolute Gasteiger partial charge is 0.0931 e. The minimum absolute atomic E-state index is 0.0877. The van der Waals surface area contributed by atoms with Crippen LogP contribution in [0, 0.1) is 0 Å². The fourth-order valence-corrected chi connectivity index (χ4v) is 2.60. The average molecular weight is 270 g/mol. The van der Waals surface area contributed by atoms with Gasteiger partial charge in [0.2, 0.25) is 0 Å². The molecule has 0 saturated heterocycles. The van der Waals surface area contributed by atoms with Crippen LogP contribution in [0.5, 0.6) is 0 Å². The molecule has 0 amide bonds. The molecule has 0 spiro atoms. The van der Waals surface area contributed by atoms with Gasteiger partial charge < -0.3 is 5.11 Å². The zero-order chi connectivity index (χ0) is 13.1. The SMILES string of the molecule is OCc1ccc(Cn2ccc(-c3ccsc3)n2)cc1. The van der Waals surface area contributed by atoms with Crippen molar-refractivity contribution in [3.8, 4) is 11.3 Å². The summed E-state index contributed by atoms with van der Waals surface area (Å²) in [7, 11) is 0. The van der Waals surface area contributed by atoms with E-state index in [0.29, 0.717) is 0 Å². The summed E-state index contributed by atoms with van der Waals surface area (Å²) >= 11 is 1.68. The van der Waals surface area contributed by atoms with Gasteiger partial charge >= 0.3 is 0 Å². The van der Waals surface area contributed by atoms with E-state index in [2.05, 4.69) is 21.9 Å². The molecular weight excluding hydrogens is 256 g/mol. The largest absolute Gasteiger partial charge is 0.392 e. The Labute approximate surface area is 115 Å². The molecule has 0 saturated carbocycles. The molecule has 4 heteroatoms. The maximum absolute atomic E-state index is 9.01. The van der Waals surface area contributed by atoms with Crippen LogP contribution in [-0.4, -0.2) is 14.9 Å². The molecule has 2 aromatic heterocycles. The van der Waals surface area contributed by atoms with E-state index in [-0.39, 0.29) is 6.61 Å². The summed E-state index contributed by atoms with van der Waals surface area (Å²) in [6.07, 6.45) is 1.99. The average Bonchev–Trinajstić information content (AvgIpc) is 3.10. The van der Waals surface area contributed by atoms with E-state index < -0.39 is 0 Å². The maximum Gasteiger partial charge on any atom is 0.0931 e. The molecule has 1 N–H and O–H groups in total. The van der Waals surface area contributed by atoms with Gasteiger partial charge in [-0.25, -0.2) is 0 Å². The molecule has 2 heterocycles. The Morgan fingerprint density at radius 3 is 2.53 bits per heavy atom. The van der Waals surface area contributed by atoms with Crippen molar-refractivity contribution in [2.45, 2.75) is 13.2 Å². The van der Waals surface area contributed by atoms with Gasteiger partial charge in [-0.05, 0) is 28.6 Å². The van der Waals surface area contributed by atoms with Crippen molar-refractivity contribution in [3.63, 3.8) is 0 Å². The van der Waals surface area contributed by atoms with Crippen LogP contribution in [-0.2, 0) is 13.2 Å². The molecule has 0 aliphatic rings. The van der Waals surface area contributed by atoms with Gasteiger partial charge in [0.1, 0.15) is 0 Å². The lowest BCUT2D eigenvalue weighted by molar-refractivity contribution is 0.282. The lowest BCUT2D eigenvalue weighted by Crippen LogP contribution is -2.00. The Morgan fingerprint density at radius 2 is 1.84 bits per heavy atom. The van der Waals surface area contributed by atoms with Crippen LogP contribution in [0.15, 0.2) is 53.4 Å². The number of hydrogen-bond donors (Lipinski definition) is 1. The van der Waals surface area contributed by atoms with Crippen LogP contribution in [0.1, 0.15) is 11.1 Å². The lowest BCUT2D eigenvalue weighted by Gasteiger charge is -2.03. The van der Waals surface area contributed by atoms with E-state index >= 15 is 0 Å². The van der Waals surface area contributed by atoms with Crippen LogP contribution in [0.4, 0.5) is 0 Å². The Kier molecular flexibility index (Phi) is 3.44. The summed E-state index contributed by atoms with van der Waals surface area (Å²) in [5.41, 5.74) is 4.29.